The number of ketones is 1. The first-order valence-corrected chi connectivity index (χ1v) is 6.54. The van der Waals surface area contributed by atoms with Crippen molar-refractivity contribution in [1.82, 2.24) is 0 Å². The molecule has 1 rings (SSSR count). The van der Waals surface area contributed by atoms with Crippen LogP contribution < -0.4 is 0 Å². The molecule has 2 N–H and O–H groups in total. The molecule has 0 saturated heterocycles. The number of hydrogen-bond donors (Lipinski definition) is 2. The summed E-state index contributed by atoms with van der Waals surface area (Å²) in [6.45, 7) is 0. The summed E-state index contributed by atoms with van der Waals surface area (Å²) in [7, 11) is 0. The van der Waals surface area contributed by atoms with E-state index < -0.39 is 40.8 Å². The molecule has 0 heterocycles. The summed E-state index contributed by atoms with van der Waals surface area (Å²) < 4.78 is 26.9. The third-order valence-corrected chi connectivity index (χ3v) is 3.44. The largest absolute Gasteiger partial charge is 0.481 e. The van der Waals surface area contributed by atoms with E-state index in [2.05, 4.69) is 0 Å². The third kappa shape index (κ3) is 4.59. The van der Waals surface area contributed by atoms with E-state index in [9.17, 15) is 23.2 Å². The number of halogens is 3. The Morgan fingerprint density at radius 1 is 1.10 bits per heavy atom. The summed E-state index contributed by atoms with van der Waals surface area (Å²) in [6, 6.07) is 7.40. The van der Waals surface area contributed by atoms with E-state index in [0.717, 1.165) is 0 Å². The van der Waals surface area contributed by atoms with E-state index in [4.69, 9.17) is 10.2 Å². The monoisotopic (exact) mass is 364 g/mol. The van der Waals surface area contributed by atoms with Crippen LogP contribution in [0.2, 0.25) is 0 Å². The van der Waals surface area contributed by atoms with Crippen molar-refractivity contribution in [2.24, 2.45) is 11.8 Å². The summed E-state index contributed by atoms with van der Waals surface area (Å²) in [5.74, 6) is -9.21. The number of carboxylic acids is 2. The lowest BCUT2D eigenvalue weighted by atomic mass is 9.86. The Labute approximate surface area is 126 Å². The minimum absolute atomic E-state index is 0.105. The minimum Gasteiger partial charge on any atom is -0.481 e. The van der Waals surface area contributed by atoms with Crippen LogP contribution in [0.25, 0.3) is 0 Å². The molecule has 114 valence electrons. The maximum Gasteiger partial charge on any atom is 0.318 e. The molecule has 5 nitrogen and oxygen atoms in total. The molecule has 1 aromatic rings. The normalized spacial score (nSPS) is 13.0. The van der Waals surface area contributed by atoms with Crippen molar-refractivity contribution in [1.29, 1.82) is 0 Å². The Morgan fingerprint density at radius 2 is 1.57 bits per heavy atom. The summed E-state index contributed by atoms with van der Waals surface area (Å²) in [5, 5.41) is 17.6. The van der Waals surface area contributed by atoms with Crippen molar-refractivity contribution >= 4 is 33.7 Å². The van der Waals surface area contributed by atoms with Crippen LogP contribution in [0.15, 0.2) is 30.3 Å². The molecule has 0 saturated carbocycles. The fourth-order valence-electron chi connectivity index (χ4n) is 1.81. The summed E-state index contributed by atoms with van der Waals surface area (Å²) >= 11 is 1.97. The fraction of sp³-hybridized carbons (Fsp3) is 0.308. The molecule has 21 heavy (non-hydrogen) atoms. The van der Waals surface area contributed by atoms with Crippen molar-refractivity contribution < 1.29 is 33.4 Å². The molecule has 0 amide bonds. The second-order valence-electron chi connectivity index (χ2n) is 4.30. The van der Waals surface area contributed by atoms with E-state index in [-0.39, 0.29) is 5.56 Å². The van der Waals surface area contributed by atoms with Crippen LogP contribution in [0.1, 0.15) is 16.8 Å². The number of Topliss-reactive ketones (excluding diaryl/α,β-unsaturated/α-hetero) is 1. The summed E-state index contributed by atoms with van der Waals surface area (Å²) in [6.07, 6.45) is -0.911. The van der Waals surface area contributed by atoms with E-state index in [0.29, 0.717) is 0 Å². The second kappa shape index (κ2) is 6.75. The molecular weight excluding hydrogens is 354 g/mol. The molecule has 0 bridgehead atoms. The summed E-state index contributed by atoms with van der Waals surface area (Å²) in [5.41, 5.74) is 0.105. The van der Waals surface area contributed by atoms with Crippen LogP contribution >= 0.6 is 15.9 Å². The van der Waals surface area contributed by atoms with Crippen LogP contribution in [0, 0.1) is 11.8 Å². The van der Waals surface area contributed by atoms with Gasteiger partial charge in [0.25, 0.3) is 0 Å². The molecule has 0 radical (unpaired) electrons. The number of rotatable bonds is 7. The molecule has 0 fully saturated rings. The number of aliphatic carboxylic acids is 2. The average molecular weight is 365 g/mol. The molecular formula is C13H11BrF2O5. The zero-order valence-corrected chi connectivity index (χ0v) is 12.1. The number of alkyl halides is 3. The van der Waals surface area contributed by atoms with Gasteiger partial charge in [0.15, 0.2) is 11.7 Å². The van der Waals surface area contributed by atoms with Crippen molar-refractivity contribution in [3.8, 4) is 0 Å². The van der Waals surface area contributed by atoms with Gasteiger partial charge in [-0.1, -0.05) is 30.3 Å². The van der Waals surface area contributed by atoms with Gasteiger partial charge in [-0.25, -0.2) is 0 Å². The van der Waals surface area contributed by atoms with Crippen molar-refractivity contribution in [2.45, 2.75) is 11.3 Å². The minimum atomic E-state index is -3.81. The number of carbonyl (C=O) groups is 3. The van der Waals surface area contributed by atoms with Crippen molar-refractivity contribution in [3.05, 3.63) is 35.9 Å². The lowest BCUT2D eigenvalue weighted by Crippen LogP contribution is -2.40. The highest BCUT2D eigenvalue weighted by atomic mass is 79.9. The van der Waals surface area contributed by atoms with Gasteiger partial charge in [-0.2, -0.15) is 8.78 Å². The zero-order chi connectivity index (χ0) is 16.2. The predicted octanol–water partition coefficient (Wildman–Crippen LogP) is 2.65. The highest BCUT2D eigenvalue weighted by Crippen LogP contribution is 2.39. The molecule has 0 aromatic heterocycles. The SMILES string of the molecule is O=C(CC(C(C(=O)O)C(=O)O)C(F)(F)Br)c1ccccc1. The van der Waals surface area contributed by atoms with Gasteiger partial charge >= 0.3 is 16.8 Å². The highest BCUT2D eigenvalue weighted by molar-refractivity contribution is 9.10. The molecule has 8 heteroatoms. The maximum atomic E-state index is 13.5. The summed E-state index contributed by atoms with van der Waals surface area (Å²) in [4.78, 5) is 29.9. The maximum absolute atomic E-state index is 13.5. The molecule has 0 spiro atoms. The third-order valence-electron chi connectivity index (χ3n) is 2.86. The zero-order valence-electron chi connectivity index (χ0n) is 10.5. The first-order chi connectivity index (χ1) is 9.64. The van der Waals surface area contributed by atoms with Gasteiger partial charge in [0.1, 0.15) is 0 Å². The van der Waals surface area contributed by atoms with E-state index in [1.165, 1.54) is 24.3 Å². The van der Waals surface area contributed by atoms with E-state index in [1.807, 2.05) is 15.9 Å². The van der Waals surface area contributed by atoms with Crippen LogP contribution in [0.5, 0.6) is 0 Å². The first kappa shape index (κ1) is 17.2. The first-order valence-electron chi connectivity index (χ1n) is 5.75. The Bertz CT molecular complexity index is 527. The Hall–Kier alpha value is -1.83. The fourth-order valence-corrected chi connectivity index (χ4v) is 2.24. The van der Waals surface area contributed by atoms with Crippen LogP contribution in [0.3, 0.4) is 0 Å². The molecule has 0 aliphatic heterocycles. The molecule has 1 unspecified atom stereocenters. The number of carbonyl (C=O) groups excluding carboxylic acids is 1. The van der Waals surface area contributed by atoms with Crippen LogP contribution in [0.4, 0.5) is 8.78 Å². The number of carboxylic acid groups (broad SMARTS) is 2. The van der Waals surface area contributed by atoms with Crippen LogP contribution in [-0.2, 0) is 9.59 Å². The van der Waals surface area contributed by atoms with Gasteiger partial charge in [0.2, 0.25) is 0 Å². The smallest absolute Gasteiger partial charge is 0.318 e. The van der Waals surface area contributed by atoms with Gasteiger partial charge in [-0.15, -0.1) is 0 Å². The Balaban J connectivity index is 3.08. The topological polar surface area (TPSA) is 91.7 Å². The second-order valence-corrected chi connectivity index (χ2v) is 5.35. The standard InChI is InChI=1S/C13H11BrF2O5/c14-13(15,16)8(10(11(18)19)12(20)21)6-9(17)7-4-2-1-3-5-7/h1-5,8,10H,6H2,(H,18,19)(H,20,21). The quantitative estimate of drug-likeness (QED) is 0.440. The highest BCUT2D eigenvalue weighted by Gasteiger charge is 2.49. The van der Waals surface area contributed by atoms with Gasteiger partial charge in [0, 0.05) is 12.0 Å². The Morgan fingerprint density at radius 3 is 1.95 bits per heavy atom. The predicted molar refractivity (Wildman–Crippen MR) is 71.5 cm³/mol. The van der Waals surface area contributed by atoms with Crippen molar-refractivity contribution in [2.75, 3.05) is 0 Å². The van der Waals surface area contributed by atoms with Gasteiger partial charge in [-0.3, -0.25) is 14.4 Å². The van der Waals surface area contributed by atoms with E-state index in [1.54, 1.807) is 6.07 Å². The molecule has 0 aliphatic rings. The van der Waals surface area contributed by atoms with Crippen molar-refractivity contribution in [3.63, 3.8) is 0 Å². The van der Waals surface area contributed by atoms with Gasteiger partial charge < -0.3 is 10.2 Å². The Kier molecular flexibility index (Phi) is 5.54. The number of benzene rings is 1. The molecule has 1 aromatic carbocycles. The number of hydrogen-bond acceptors (Lipinski definition) is 3. The average Bonchev–Trinajstić information content (AvgIpc) is 2.36. The molecule has 0 aliphatic carbocycles. The van der Waals surface area contributed by atoms with Crippen LogP contribution in [-0.4, -0.2) is 32.8 Å². The lowest BCUT2D eigenvalue weighted by Gasteiger charge is -2.24. The van der Waals surface area contributed by atoms with Gasteiger partial charge in [0.05, 0.1) is 5.92 Å². The van der Waals surface area contributed by atoms with Gasteiger partial charge in [-0.05, 0) is 15.9 Å². The lowest BCUT2D eigenvalue weighted by molar-refractivity contribution is -0.161. The van der Waals surface area contributed by atoms with E-state index >= 15 is 0 Å². The molecule has 1 atom stereocenters.